The standard InChI is InChI=1S/C16H26N2O5S/c1-3-4-12(2)11-23-16(20)14-7-5-13(6-8-14)9-18-10-15(19)17-24(18,21)22/h5-8,12,15,17,19,21-22H,3-4,9-11H2,1-2H3. The van der Waals surface area contributed by atoms with Crippen LogP contribution in [0.4, 0.5) is 0 Å². The Morgan fingerprint density at radius 3 is 2.62 bits per heavy atom. The van der Waals surface area contributed by atoms with E-state index in [1.54, 1.807) is 24.3 Å². The third kappa shape index (κ3) is 5.17. The maximum Gasteiger partial charge on any atom is 0.338 e. The summed E-state index contributed by atoms with van der Waals surface area (Å²) in [4.78, 5) is 12.0. The molecule has 1 heterocycles. The SMILES string of the molecule is CCCC(C)COC(=O)c1ccc(CN2CC(O)NS2(O)O)cc1. The van der Waals surface area contributed by atoms with Crippen LogP contribution in [-0.4, -0.2) is 43.9 Å². The van der Waals surface area contributed by atoms with Gasteiger partial charge in [-0.3, -0.25) is 9.11 Å². The number of rotatable bonds is 7. The van der Waals surface area contributed by atoms with Gasteiger partial charge in [0.1, 0.15) is 6.23 Å². The van der Waals surface area contributed by atoms with Crippen molar-refractivity contribution in [3.8, 4) is 0 Å². The number of hydrogen-bond acceptors (Lipinski definition) is 7. The summed E-state index contributed by atoms with van der Waals surface area (Å²) in [7, 11) is -3.14. The molecule has 8 heteroatoms. The summed E-state index contributed by atoms with van der Waals surface area (Å²) >= 11 is 0. The molecule has 1 aliphatic heterocycles. The normalized spacial score (nSPS) is 23.0. The van der Waals surface area contributed by atoms with Crippen LogP contribution < -0.4 is 4.72 Å². The molecule has 4 N–H and O–H groups in total. The molecule has 1 aromatic carbocycles. The van der Waals surface area contributed by atoms with E-state index in [9.17, 15) is 19.0 Å². The molecule has 0 aromatic heterocycles. The van der Waals surface area contributed by atoms with Gasteiger partial charge in [-0.1, -0.05) is 43.4 Å². The first kappa shape index (κ1) is 19.2. The van der Waals surface area contributed by atoms with Crippen LogP contribution in [-0.2, 0) is 11.3 Å². The second kappa shape index (κ2) is 8.28. The van der Waals surface area contributed by atoms with E-state index in [2.05, 4.69) is 18.6 Å². The quantitative estimate of drug-likeness (QED) is 0.556. The van der Waals surface area contributed by atoms with Gasteiger partial charge in [0, 0.05) is 6.54 Å². The highest BCUT2D eigenvalue weighted by Crippen LogP contribution is 2.44. The molecule has 0 saturated carbocycles. The number of benzene rings is 1. The van der Waals surface area contributed by atoms with Gasteiger partial charge in [0.25, 0.3) is 0 Å². The van der Waals surface area contributed by atoms with Gasteiger partial charge in [0.05, 0.1) is 18.7 Å². The molecule has 136 valence electrons. The zero-order valence-electron chi connectivity index (χ0n) is 14.0. The minimum atomic E-state index is -3.14. The van der Waals surface area contributed by atoms with Gasteiger partial charge >= 0.3 is 5.97 Å². The van der Waals surface area contributed by atoms with E-state index in [-0.39, 0.29) is 19.1 Å². The molecule has 2 atom stereocenters. The maximum atomic E-state index is 12.0. The van der Waals surface area contributed by atoms with Gasteiger partial charge in [0.2, 0.25) is 0 Å². The lowest BCUT2D eigenvalue weighted by Crippen LogP contribution is -2.25. The molecule has 0 radical (unpaired) electrons. The largest absolute Gasteiger partial charge is 0.462 e. The smallest absolute Gasteiger partial charge is 0.338 e. The van der Waals surface area contributed by atoms with E-state index in [0.29, 0.717) is 18.1 Å². The molecule has 2 unspecified atom stereocenters. The Bertz CT molecular complexity index is 552. The number of esters is 1. The van der Waals surface area contributed by atoms with Gasteiger partial charge in [-0.2, -0.15) is 9.03 Å². The molecule has 0 aliphatic carbocycles. The molecule has 24 heavy (non-hydrogen) atoms. The monoisotopic (exact) mass is 358 g/mol. The number of carbonyl (C=O) groups is 1. The van der Waals surface area contributed by atoms with Crippen LogP contribution in [0.25, 0.3) is 0 Å². The molecule has 1 aromatic rings. The molecule has 2 rings (SSSR count). The van der Waals surface area contributed by atoms with Gasteiger partial charge in [-0.25, -0.2) is 4.79 Å². The summed E-state index contributed by atoms with van der Waals surface area (Å²) in [6.45, 7) is 4.95. The van der Waals surface area contributed by atoms with E-state index in [1.165, 1.54) is 4.31 Å². The Morgan fingerprint density at radius 1 is 1.42 bits per heavy atom. The van der Waals surface area contributed by atoms with Crippen LogP contribution in [0, 0.1) is 5.92 Å². The van der Waals surface area contributed by atoms with Crippen molar-refractivity contribution in [2.45, 2.75) is 39.5 Å². The van der Waals surface area contributed by atoms with Crippen molar-refractivity contribution in [2.75, 3.05) is 13.2 Å². The zero-order chi connectivity index (χ0) is 17.7. The Kier molecular flexibility index (Phi) is 6.62. The minimum Gasteiger partial charge on any atom is -0.462 e. The number of nitrogens with one attached hydrogen (secondary N) is 1. The average molecular weight is 358 g/mol. The Labute approximate surface area is 144 Å². The highest BCUT2D eigenvalue weighted by molar-refractivity contribution is 8.20. The minimum absolute atomic E-state index is 0.126. The number of aliphatic hydroxyl groups is 1. The number of carbonyl (C=O) groups excluding carboxylic acids is 1. The van der Waals surface area contributed by atoms with E-state index in [1.807, 2.05) is 0 Å². The topological polar surface area (TPSA) is 102 Å². The number of ether oxygens (including phenoxy) is 1. The number of aliphatic hydroxyl groups excluding tert-OH is 1. The molecular formula is C16H26N2O5S. The molecule has 1 aliphatic rings. The second-order valence-electron chi connectivity index (χ2n) is 6.16. The molecule has 0 bridgehead atoms. The zero-order valence-corrected chi connectivity index (χ0v) is 14.8. The van der Waals surface area contributed by atoms with Crippen molar-refractivity contribution in [1.82, 2.24) is 9.03 Å². The lowest BCUT2D eigenvalue weighted by atomic mass is 10.1. The van der Waals surface area contributed by atoms with Crippen molar-refractivity contribution in [1.29, 1.82) is 0 Å². The number of nitrogens with zero attached hydrogens (tertiary/aromatic N) is 1. The molecule has 1 saturated heterocycles. The molecular weight excluding hydrogens is 332 g/mol. The van der Waals surface area contributed by atoms with Gasteiger partial charge in [-0.05, 0) is 30.0 Å². The van der Waals surface area contributed by atoms with Crippen LogP contribution in [0.15, 0.2) is 24.3 Å². The molecule has 0 amide bonds. The number of hydrogen-bond donors (Lipinski definition) is 4. The average Bonchev–Trinajstić information content (AvgIpc) is 2.78. The first-order valence-corrected chi connectivity index (χ1v) is 9.57. The summed E-state index contributed by atoms with van der Waals surface area (Å²) in [5, 5.41) is 9.46. The summed E-state index contributed by atoms with van der Waals surface area (Å²) in [5.41, 5.74) is 1.27. The maximum absolute atomic E-state index is 12.0. The third-order valence-corrected chi connectivity index (χ3v) is 5.45. The van der Waals surface area contributed by atoms with Crippen molar-refractivity contribution >= 4 is 16.9 Å². The Hall–Kier alpha value is -1.16. The Morgan fingerprint density at radius 2 is 2.08 bits per heavy atom. The van der Waals surface area contributed by atoms with E-state index in [0.717, 1.165) is 18.4 Å². The fourth-order valence-corrected chi connectivity index (χ4v) is 3.84. The molecule has 0 spiro atoms. The van der Waals surface area contributed by atoms with Crippen LogP contribution in [0.1, 0.15) is 42.6 Å². The van der Waals surface area contributed by atoms with Crippen molar-refractivity contribution in [3.05, 3.63) is 35.4 Å². The molecule has 7 nitrogen and oxygen atoms in total. The first-order chi connectivity index (χ1) is 11.3. The number of β-amino-alcohol motifs (C(OH)–C–C–N with tert-alkyl or cyclic N) is 1. The van der Waals surface area contributed by atoms with Crippen molar-refractivity contribution in [2.24, 2.45) is 5.92 Å². The highest BCUT2D eigenvalue weighted by Gasteiger charge is 2.34. The van der Waals surface area contributed by atoms with Gasteiger partial charge in [0.15, 0.2) is 0 Å². The summed E-state index contributed by atoms with van der Waals surface area (Å²) in [6.07, 6.45) is 1.12. The third-order valence-electron chi connectivity index (χ3n) is 3.86. The summed E-state index contributed by atoms with van der Waals surface area (Å²) in [6, 6.07) is 6.81. The predicted octanol–water partition coefficient (Wildman–Crippen LogP) is 2.58. The van der Waals surface area contributed by atoms with Crippen LogP contribution in [0.2, 0.25) is 0 Å². The molecule has 1 fully saturated rings. The lowest BCUT2D eigenvalue weighted by Gasteiger charge is -2.35. The van der Waals surface area contributed by atoms with Crippen molar-refractivity contribution < 1.29 is 23.7 Å². The summed E-state index contributed by atoms with van der Waals surface area (Å²) in [5.74, 6) is -0.00965. The van der Waals surface area contributed by atoms with Gasteiger partial charge < -0.3 is 9.84 Å². The van der Waals surface area contributed by atoms with E-state index in [4.69, 9.17) is 4.74 Å². The van der Waals surface area contributed by atoms with Crippen molar-refractivity contribution in [3.63, 3.8) is 0 Å². The fraction of sp³-hybridized carbons (Fsp3) is 0.562. The van der Waals surface area contributed by atoms with E-state index < -0.39 is 17.2 Å². The van der Waals surface area contributed by atoms with Crippen LogP contribution in [0.5, 0.6) is 0 Å². The summed E-state index contributed by atoms with van der Waals surface area (Å²) < 4.78 is 28.6. The first-order valence-electron chi connectivity index (χ1n) is 8.06. The van der Waals surface area contributed by atoms with Crippen LogP contribution in [0.3, 0.4) is 0 Å². The Balaban J connectivity index is 1.90. The fourth-order valence-electron chi connectivity index (χ4n) is 2.57. The van der Waals surface area contributed by atoms with E-state index >= 15 is 0 Å². The van der Waals surface area contributed by atoms with Gasteiger partial charge in [-0.15, -0.1) is 0 Å². The lowest BCUT2D eigenvalue weighted by molar-refractivity contribution is 0.0443. The predicted molar refractivity (Wildman–Crippen MR) is 93.2 cm³/mol. The van der Waals surface area contributed by atoms with Crippen LogP contribution >= 0.6 is 11.0 Å². The second-order valence-corrected chi connectivity index (χ2v) is 7.95. The highest BCUT2D eigenvalue weighted by atomic mass is 32.3.